The Hall–Kier alpha value is -2.31. The SMILES string of the molecule is COC(=O)c1nnc(-c2ccc(F)c(F)c2)o1. The summed E-state index contributed by atoms with van der Waals surface area (Å²) in [4.78, 5) is 11.0. The minimum Gasteiger partial charge on any atom is -0.462 e. The molecule has 2 rings (SSSR count). The summed E-state index contributed by atoms with van der Waals surface area (Å²) >= 11 is 0. The van der Waals surface area contributed by atoms with Gasteiger partial charge < -0.3 is 9.15 Å². The van der Waals surface area contributed by atoms with Crippen LogP contribution in [0.5, 0.6) is 0 Å². The van der Waals surface area contributed by atoms with Gasteiger partial charge in [-0.15, -0.1) is 10.2 Å². The van der Waals surface area contributed by atoms with Crippen LogP contribution in [0.3, 0.4) is 0 Å². The van der Waals surface area contributed by atoms with Gasteiger partial charge in [0.15, 0.2) is 11.6 Å². The molecule has 1 aromatic carbocycles. The number of carbonyl (C=O) groups is 1. The first kappa shape index (κ1) is 11.2. The summed E-state index contributed by atoms with van der Waals surface area (Å²) in [6, 6.07) is 3.07. The highest BCUT2D eigenvalue weighted by Gasteiger charge is 2.16. The lowest BCUT2D eigenvalue weighted by molar-refractivity contribution is 0.0556. The van der Waals surface area contributed by atoms with Gasteiger partial charge in [0, 0.05) is 5.56 Å². The van der Waals surface area contributed by atoms with Crippen LogP contribution in [-0.2, 0) is 4.74 Å². The number of hydrogen-bond donors (Lipinski definition) is 0. The summed E-state index contributed by atoms with van der Waals surface area (Å²) in [6.45, 7) is 0. The van der Waals surface area contributed by atoms with Crippen molar-refractivity contribution in [3.63, 3.8) is 0 Å². The van der Waals surface area contributed by atoms with Crippen molar-refractivity contribution in [2.24, 2.45) is 0 Å². The van der Waals surface area contributed by atoms with Gasteiger partial charge in [-0.3, -0.25) is 0 Å². The summed E-state index contributed by atoms with van der Waals surface area (Å²) in [5.74, 6) is -3.27. The smallest absolute Gasteiger partial charge is 0.396 e. The summed E-state index contributed by atoms with van der Waals surface area (Å²) in [5.41, 5.74) is 0.173. The molecule has 0 atom stereocenters. The number of methoxy groups -OCH3 is 1. The largest absolute Gasteiger partial charge is 0.462 e. The zero-order chi connectivity index (χ0) is 12.4. The van der Waals surface area contributed by atoms with Crippen LogP contribution in [0.25, 0.3) is 11.5 Å². The number of benzene rings is 1. The van der Waals surface area contributed by atoms with Crippen LogP contribution in [0.2, 0.25) is 0 Å². The van der Waals surface area contributed by atoms with Crippen LogP contribution in [0.1, 0.15) is 10.7 Å². The molecule has 0 aliphatic rings. The maximum Gasteiger partial charge on any atom is 0.396 e. The lowest BCUT2D eigenvalue weighted by atomic mass is 10.2. The number of nitrogens with zero attached hydrogens (tertiary/aromatic N) is 2. The second-order valence-electron chi connectivity index (χ2n) is 3.03. The second-order valence-corrected chi connectivity index (χ2v) is 3.03. The molecule has 0 fully saturated rings. The number of halogens is 2. The van der Waals surface area contributed by atoms with E-state index in [1.165, 1.54) is 6.07 Å². The quantitative estimate of drug-likeness (QED) is 0.749. The molecular formula is C10H6F2N2O3. The van der Waals surface area contributed by atoms with Crippen LogP contribution < -0.4 is 0 Å². The fourth-order valence-corrected chi connectivity index (χ4v) is 1.14. The Morgan fingerprint density at radius 2 is 2.06 bits per heavy atom. The predicted octanol–water partition coefficient (Wildman–Crippen LogP) is 1.80. The van der Waals surface area contributed by atoms with Crippen molar-refractivity contribution in [1.82, 2.24) is 10.2 Å². The molecule has 0 amide bonds. The molecular weight excluding hydrogens is 234 g/mol. The lowest BCUT2D eigenvalue weighted by Crippen LogP contribution is -2.00. The molecule has 0 bridgehead atoms. The summed E-state index contributed by atoms with van der Waals surface area (Å²) in [6.07, 6.45) is 0. The first-order valence-electron chi connectivity index (χ1n) is 4.49. The molecule has 0 spiro atoms. The van der Waals surface area contributed by atoms with E-state index in [0.717, 1.165) is 19.2 Å². The molecule has 88 valence electrons. The first-order chi connectivity index (χ1) is 8.11. The zero-order valence-corrected chi connectivity index (χ0v) is 8.61. The van der Waals surface area contributed by atoms with Gasteiger partial charge >= 0.3 is 11.9 Å². The monoisotopic (exact) mass is 240 g/mol. The molecule has 0 N–H and O–H groups in total. The van der Waals surface area contributed by atoms with Gasteiger partial charge in [-0.2, -0.15) is 0 Å². The number of esters is 1. The highest BCUT2D eigenvalue weighted by atomic mass is 19.2. The van der Waals surface area contributed by atoms with Crippen molar-refractivity contribution in [3.8, 4) is 11.5 Å². The molecule has 0 aliphatic carbocycles. The molecule has 1 heterocycles. The van der Waals surface area contributed by atoms with E-state index in [9.17, 15) is 13.6 Å². The van der Waals surface area contributed by atoms with Gasteiger partial charge in [-0.05, 0) is 18.2 Å². The second kappa shape index (κ2) is 4.28. The Bertz CT molecular complexity index is 568. The van der Waals surface area contributed by atoms with Gasteiger partial charge in [-0.1, -0.05) is 0 Å². The number of ether oxygens (including phenoxy) is 1. The summed E-state index contributed by atoms with van der Waals surface area (Å²) < 4.78 is 34.9. The number of carbonyl (C=O) groups excluding carboxylic acids is 1. The normalized spacial score (nSPS) is 10.3. The molecule has 5 nitrogen and oxygen atoms in total. The minimum absolute atomic E-state index is 0.0932. The molecule has 0 saturated heterocycles. The topological polar surface area (TPSA) is 65.2 Å². The third-order valence-corrected chi connectivity index (χ3v) is 1.95. The Morgan fingerprint density at radius 3 is 2.71 bits per heavy atom. The molecule has 1 aromatic heterocycles. The zero-order valence-electron chi connectivity index (χ0n) is 8.61. The van der Waals surface area contributed by atoms with Crippen LogP contribution in [0, 0.1) is 11.6 Å². The molecule has 7 heteroatoms. The lowest BCUT2D eigenvalue weighted by Gasteiger charge is -1.95. The maximum atomic E-state index is 12.9. The molecule has 0 radical (unpaired) electrons. The number of hydrogen-bond acceptors (Lipinski definition) is 5. The third-order valence-electron chi connectivity index (χ3n) is 1.95. The van der Waals surface area contributed by atoms with Crippen molar-refractivity contribution >= 4 is 5.97 Å². The van der Waals surface area contributed by atoms with Crippen LogP contribution in [0.15, 0.2) is 22.6 Å². The number of aromatic nitrogens is 2. The van der Waals surface area contributed by atoms with Crippen molar-refractivity contribution in [2.75, 3.05) is 7.11 Å². The third kappa shape index (κ3) is 2.12. The average Bonchev–Trinajstić information content (AvgIpc) is 2.81. The Balaban J connectivity index is 2.37. The van der Waals surface area contributed by atoms with E-state index >= 15 is 0 Å². The standard InChI is InChI=1S/C10H6F2N2O3/c1-16-10(15)9-14-13-8(17-9)5-2-3-6(11)7(12)4-5/h2-4H,1H3. The summed E-state index contributed by atoms with van der Waals surface area (Å²) in [7, 11) is 1.16. The highest BCUT2D eigenvalue weighted by molar-refractivity contribution is 5.84. The van der Waals surface area contributed by atoms with Gasteiger partial charge in [0.25, 0.3) is 0 Å². The van der Waals surface area contributed by atoms with E-state index in [0.29, 0.717) is 0 Å². The van der Waals surface area contributed by atoms with E-state index in [1.807, 2.05) is 0 Å². The average molecular weight is 240 g/mol. The van der Waals surface area contributed by atoms with E-state index in [2.05, 4.69) is 14.9 Å². The molecule has 0 unspecified atom stereocenters. The van der Waals surface area contributed by atoms with Gasteiger partial charge in [0.1, 0.15) is 0 Å². The van der Waals surface area contributed by atoms with E-state index in [-0.39, 0.29) is 17.3 Å². The van der Waals surface area contributed by atoms with Gasteiger partial charge in [0.2, 0.25) is 5.89 Å². The van der Waals surface area contributed by atoms with Gasteiger partial charge in [0.05, 0.1) is 7.11 Å². The number of rotatable bonds is 2. The minimum atomic E-state index is -1.04. The fraction of sp³-hybridized carbons (Fsp3) is 0.100. The Morgan fingerprint density at radius 1 is 1.29 bits per heavy atom. The Labute approximate surface area is 94.0 Å². The van der Waals surface area contributed by atoms with Crippen LogP contribution >= 0.6 is 0 Å². The molecule has 0 aliphatic heterocycles. The van der Waals surface area contributed by atoms with E-state index in [1.54, 1.807) is 0 Å². The van der Waals surface area contributed by atoms with Crippen molar-refractivity contribution < 1.29 is 22.7 Å². The van der Waals surface area contributed by atoms with Gasteiger partial charge in [-0.25, -0.2) is 13.6 Å². The highest BCUT2D eigenvalue weighted by Crippen LogP contribution is 2.20. The van der Waals surface area contributed by atoms with Crippen molar-refractivity contribution in [2.45, 2.75) is 0 Å². The van der Waals surface area contributed by atoms with Crippen molar-refractivity contribution in [1.29, 1.82) is 0 Å². The van der Waals surface area contributed by atoms with E-state index < -0.39 is 17.6 Å². The predicted molar refractivity (Wildman–Crippen MR) is 51.0 cm³/mol. The first-order valence-corrected chi connectivity index (χ1v) is 4.49. The van der Waals surface area contributed by atoms with E-state index in [4.69, 9.17) is 4.42 Å². The maximum absolute atomic E-state index is 12.9. The van der Waals surface area contributed by atoms with Crippen LogP contribution in [-0.4, -0.2) is 23.3 Å². The fourth-order valence-electron chi connectivity index (χ4n) is 1.14. The molecule has 17 heavy (non-hydrogen) atoms. The van der Waals surface area contributed by atoms with Crippen LogP contribution in [0.4, 0.5) is 8.78 Å². The summed E-state index contributed by atoms with van der Waals surface area (Å²) in [5, 5.41) is 6.93. The Kier molecular flexibility index (Phi) is 2.82. The molecule has 2 aromatic rings. The molecule has 0 saturated carbocycles. The van der Waals surface area contributed by atoms with Crippen molar-refractivity contribution in [3.05, 3.63) is 35.7 Å².